The highest BCUT2D eigenvalue weighted by molar-refractivity contribution is 5.36. The molecule has 2 aliphatic heterocycles. The van der Waals surface area contributed by atoms with Gasteiger partial charge in [0.2, 0.25) is 0 Å². The molecule has 0 amide bonds. The number of ether oxygens (including phenoxy) is 1. The highest BCUT2D eigenvalue weighted by atomic mass is 19.4. The number of benzene rings is 1. The summed E-state index contributed by atoms with van der Waals surface area (Å²) in [6.45, 7) is 23.2. The summed E-state index contributed by atoms with van der Waals surface area (Å²) in [5.41, 5.74) is 3.48. The summed E-state index contributed by atoms with van der Waals surface area (Å²) in [6.07, 6.45) is 5.86. The van der Waals surface area contributed by atoms with Crippen LogP contribution >= 0.6 is 0 Å². The van der Waals surface area contributed by atoms with Gasteiger partial charge in [-0.05, 0) is 56.5 Å². The van der Waals surface area contributed by atoms with Gasteiger partial charge in [-0.3, -0.25) is 0 Å². The van der Waals surface area contributed by atoms with E-state index in [2.05, 4.69) is 51.5 Å². The monoisotopic (exact) mass is 581 g/mol. The van der Waals surface area contributed by atoms with Crippen LogP contribution in [0.15, 0.2) is 30.3 Å². The summed E-state index contributed by atoms with van der Waals surface area (Å²) in [5, 5.41) is 4.28. The zero-order valence-corrected chi connectivity index (χ0v) is 27.2. The van der Waals surface area contributed by atoms with E-state index in [0.29, 0.717) is 5.41 Å². The van der Waals surface area contributed by atoms with E-state index in [4.69, 9.17) is 4.74 Å². The number of likely N-dealkylation sites (tertiary alicyclic amines) is 1. The molecule has 0 N–H and O–H groups in total. The van der Waals surface area contributed by atoms with Gasteiger partial charge in [0, 0.05) is 24.2 Å². The molecular formula is C34H58F3N3O. The molecule has 2 saturated heterocycles. The maximum atomic E-state index is 12.2. The van der Waals surface area contributed by atoms with Crippen molar-refractivity contribution in [3.8, 4) is 5.69 Å². The van der Waals surface area contributed by atoms with E-state index >= 15 is 0 Å². The minimum Gasteiger partial charge on any atom is -0.380 e. The second-order valence-electron chi connectivity index (χ2n) is 12.0. The van der Waals surface area contributed by atoms with Crippen molar-refractivity contribution in [3.63, 3.8) is 0 Å². The Hall–Kier alpha value is -1.86. The van der Waals surface area contributed by atoms with Crippen LogP contribution in [0.3, 0.4) is 0 Å². The quantitative estimate of drug-likeness (QED) is 0.262. The van der Waals surface area contributed by atoms with Crippen molar-refractivity contribution in [2.24, 2.45) is 11.3 Å². The number of hydrogen-bond acceptors (Lipinski definition) is 3. The van der Waals surface area contributed by atoms with Crippen molar-refractivity contribution in [3.05, 3.63) is 47.3 Å². The summed E-state index contributed by atoms with van der Waals surface area (Å²) in [7, 11) is 0. The Morgan fingerprint density at radius 1 is 0.902 bits per heavy atom. The Kier molecular flexibility index (Phi) is 17.5. The van der Waals surface area contributed by atoms with Gasteiger partial charge in [0.25, 0.3) is 0 Å². The van der Waals surface area contributed by atoms with E-state index in [9.17, 15) is 13.2 Å². The number of rotatable bonds is 10. The van der Waals surface area contributed by atoms with Crippen molar-refractivity contribution in [1.82, 2.24) is 14.7 Å². The van der Waals surface area contributed by atoms with Gasteiger partial charge < -0.3 is 9.64 Å². The molecule has 3 heterocycles. The highest BCUT2D eigenvalue weighted by Crippen LogP contribution is 2.37. The third-order valence-corrected chi connectivity index (χ3v) is 7.57. The zero-order valence-electron chi connectivity index (χ0n) is 27.2. The molecular weight excluding hydrogens is 523 g/mol. The molecule has 1 atom stereocenters. The molecule has 0 bridgehead atoms. The first-order chi connectivity index (χ1) is 19.4. The molecule has 0 radical (unpaired) electrons. The van der Waals surface area contributed by atoms with Gasteiger partial charge in [0.15, 0.2) is 0 Å². The molecule has 0 saturated carbocycles. The topological polar surface area (TPSA) is 30.3 Å². The molecule has 1 aromatic heterocycles. The van der Waals surface area contributed by atoms with Crippen LogP contribution < -0.4 is 0 Å². The van der Waals surface area contributed by atoms with Crippen molar-refractivity contribution in [2.45, 2.75) is 119 Å². The summed E-state index contributed by atoms with van der Waals surface area (Å²) < 4.78 is 43.5. The summed E-state index contributed by atoms with van der Waals surface area (Å²) in [5.74, 6) is 0.955. The number of alkyl halides is 3. The Bertz CT molecular complexity index is 926. The number of hydrogen-bond donors (Lipinski definition) is 0. The maximum Gasteiger partial charge on any atom is 0.393 e. The van der Waals surface area contributed by atoms with Crippen LogP contribution in [0, 0.1) is 25.2 Å². The lowest BCUT2D eigenvalue weighted by molar-refractivity contribution is -0.188. The molecule has 0 aliphatic carbocycles. The number of nitrogens with zero attached hydrogens (tertiary/aromatic N) is 3. The number of halogens is 3. The summed E-state index contributed by atoms with van der Waals surface area (Å²) >= 11 is 0. The average Bonchev–Trinajstić information content (AvgIpc) is 3.23. The highest BCUT2D eigenvalue weighted by Gasteiger charge is 2.48. The molecule has 236 valence electrons. The standard InChI is InChI=1S/C13H13F3N2.C9H20.C8H15NO.C4H10/c1-9-7-10(2)18(17-9)12-5-3-11(4-6-12)8-13(14,15)16;1-4-6-7-8-9(3)5-2;1-2-3-9-4-8(5-9)6-10-7-8;1-3-4-2/h3-7H,8H2,1-2H3;9H,4-8H2,1-3H3;2-7H2,1H3;3-4H2,1-2H3. The van der Waals surface area contributed by atoms with Gasteiger partial charge in [-0.15, -0.1) is 0 Å². The van der Waals surface area contributed by atoms with Crippen LogP contribution in [0.2, 0.25) is 0 Å². The fraction of sp³-hybridized carbons (Fsp3) is 0.735. The van der Waals surface area contributed by atoms with Crippen molar-refractivity contribution in [1.29, 1.82) is 0 Å². The van der Waals surface area contributed by atoms with Crippen LogP contribution in [0.25, 0.3) is 5.69 Å². The Morgan fingerprint density at radius 2 is 1.51 bits per heavy atom. The van der Waals surface area contributed by atoms with Gasteiger partial charge in [-0.25, -0.2) is 4.68 Å². The molecule has 4 rings (SSSR count). The van der Waals surface area contributed by atoms with Crippen LogP contribution in [0.1, 0.15) is 110 Å². The normalized spacial score (nSPS) is 16.2. The first-order valence-corrected chi connectivity index (χ1v) is 15.9. The lowest BCUT2D eigenvalue weighted by Gasteiger charge is -2.55. The molecule has 4 nitrogen and oxygen atoms in total. The fourth-order valence-corrected chi connectivity index (χ4v) is 4.77. The first-order valence-electron chi connectivity index (χ1n) is 15.9. The van der Waals surface area contributed by atoms with Crippen molar-refractivity contribution >= 4 is 0 Å². The van der Waals surface area contributed by atoms with E-state index in [1.807, 2.05) is 19.9 Å². The predicted molar refractivity (Wildman–Crippen MR) is 167 cm³/mol. The lowest BCUT2D eigenvalue weighted by atomic mass is 9.78. The second-order valence-corrected chi connectivity index (χ2v) is 12.0. The third-order valence-electron chi connectivity index (χ3n) is 7.57. The smallest absolute Gasteiger partial charge is 0.380 e. The SMILES string of the molecule is CCCC.CCCCCC(C)CC.CCCN1CC2(COC2)C1.Cc1cc(C)n(-c2ccc(CC(F)(F)F)cc2)n1. The predicted octanol–water partition coefficient (Wildman–Crippen LogP) is 9.74. The molecule has 1 aromatic carbocycles. The minimum atomic E-state index is -4.17. The first kappa shape index (κ1) is 37.2. The van der Waals surface area contributed by atoms with Crippen molar-refractivity contribution < 1.29 is 17.9 Å². The van der Waals surface area contributed by atoms with Gasteiger partial charge in [0.05, 0.1) is 31.0 Å². The van der Waals surface area contributed by atoms with Crippen LogP contribution in [-0.4, -0.2) is 53.7 Å². The lowest BCUT2D eigenvalue weighted by Crippen LogP contribution is -2.65. The zero-order chi connectivity index (χ0) is 30.9. The van der Waals surface area contributed by atoms with E-state index in [1.54, 1.807) is 16.8 Å². The number of aromatic nitrogens is 2. The molecule has 2 fully saturated rings. The van der Waals surface area contributed by atoms with Gasteiger partial charge >= 0.3 is 6.18 Å². The van der Waals surface area contributed by atoms with Crippen LogP contribution in [0.5, 0.6) is 0 Å². The molecule has 41 heavy (non-hydrogen) atoms. The van der Waals surface area contributed by atoms with E-state index in [1.165, 1.54) is 83.1 Å². The van der Waals surface area contributed by atoms with Crippen molar-refractivity contribution in [2.75, 3.05) is 32.8 Å². The fourth-order valence-electron chi connectivity index (χ4n) is 4.77. The van der Waals surface area contributed by atoms with Gasteiger partial charge in [-0.2, -0.15) is 18.3 Å². The molecule has 2 aromatic rings. The number of aryl methyl sites for hydroxylation is 2. The Balaban J connectivity index is 0.000000310. The number of unbranched alkanes of at least 4 members (excludes halogenated alkanes) is 3. The third kappa shape index (κ3) is 14.7. The second kappa shape index (κ2) is 19.4. The van der Waals surface area contributed by atoms with Crippen LogP contribution in [0.4, 0.5) is 13.2 Å². The minimum absolute atomic E-state index is 0.257. The Morgan fingerprint density at radius 3 is 1.90 bits per heavy atom. The molecule has 2 aliphatic rings. The van der Waals surface area contributed by atoms with Gasteiger partial charge in [-0.1, -0.05) is 98.6 Å². The summed E-state index contributed by atoms with van der Waals surface area (Å²) in [6, 6.07) is 8.20. The van der Waals surface area contributed by atoms with E-state index in [-0.39, 0.29) is 5.56 Å². The maximum absolute atomic E-state index is 12.2. The van der Waals surface area contributed by atoms with Gasteiger partial charge in [0.1, 0.15) is 0 Å². The molecule has 1 spiro atoms. The van der Waals surface area contributed by atoms with E-state index in [0.717, 1.165) is 36.2 Å². The average molecular weight is 582 g/mol. The summed E-state index contributed by atoms with van der Waals surface area (Å²) in [4.78, 5) is 2.52. The Labute approximate surface area is 249 Å². The molecule has 1 unspecified atom stereocenters. The molecule has 7 heteroatoms. The van der Waals surface area contributed by atoms with Crippen LogP contribution in [-0.2, 0) is 11.2 Å². The largest absolute Gasteiger partial charge is 0.393 e. The van der Waals surface area contributed by atoms with E-state index < -0.39 is 12.6 Å².